The summed E-state index contributed by atoms with van der Waals surface area (Å²) in [5, 5.41) is 2.75. The number of halogens is 1. The highest BCUT2D eigenvalue weighted by Crippen LogP contribution is 2.18. The summed E-state index contributed by atoms with van der Waals surface area (Å²) in [5.41, 5.74) is 0.492. The number of sulfonamides is 1. The van der Waals surface area contributed by atoms with Gasteiger partial charge in [0.15, 0.2) is 0 Å². The Labute approximate surface area is 146 Å². The maximum atomic E-state index is 12.0. The summed E-state index contributed by atoms with van der Waals surface area (Å²) in [6, 6.07) is 7.01. The topological polar surface area (TPSA) is 69.7 Å². The average Bonchev–Trinajstić information content (AvgIpc) is 2.41. The maximum absolute atomic E-state index is 12.0. The standard InChI is InChI=1S/C14H22IN3O3S/c1-17(2)10-4-9-16-14(19)11-18(22(3,20)21)13-7-5-12(15)6-8-13/h5-8H,4,9-11H2,1-3H3,(H,16,19). The predicted molar refractivity (Wildman–Crippen MR) is 97.5 cm³/mol. The molecule has 1 N–H and O–H groups in total. The van der Waals surface area contributed by atoms with Gasteiger partial charge in [0.05, 0.1) is 11.9 Å². The third-order valence-electron chi connectivity index (χ3n) is 2.91. The van der Waals surface area contributed by atoms with Crippen LogP contribution in [0.4, 0.5) is 5.69 Å². The van der Waals surface area contributed by atoms with Gasteiger partial charge in [-0.15, -0.1) is 0 Å². The van der Waals surface area contributed by atoms with E-state index in [0.29, 0.717) is 12.2 Å². The Balaban J connectivity index is 2.67. The minimum absolute atomic E-state index is 0.207. The van der Waals surface area contributed by atoms with Gasteiger partial charge in [-0.3, -0.25) is 9.10 Å². The second-order valence-electron chi connectivity index (χ2n) is 5.25. The zero-order valence-electron chi connectivity index (χ0n) is 13.0. The molecule has 0 atom stereocenters. The number of carbonyl (C=O) groups is 1. The number of hydrogen-bond donors (Lipinski definition) is 1. The van der Waals surface area contributed by atoms with E-state index in [-0.39, 0.29) is 12.5 Å². The van der Waals surface area contributed by atoms with Crippen LogP contribution in [0, 0.1) is 3.57 Å². The van der Waals surface area contributed by atoms with Crippen LogP contribution in [0.1, 0.15) is 6.42 Å². The second kappa shape index (κ2) is 8.68. The SMILES string of the molecule is CN(C)CCCNC(=O)CN(c1ccc(I)cc1)S(C)(=O)=O. The van der Waals surface area contributed by atoms with Crippen LogP contribution in [-0.4, -0.2) is 59.2 Å². The molecule has 1 rings (SSSR count). The summed E-state index contributed by atoms with van der Waals surface area (Å²) in [7, 11) is 0.416. The number of anilines is 1. The molecular weight excluding hydrogens is 417 g/mol. The van der Waals surface area contributed by atoms with Crippen molar-refractivity contribution in [2.45, 2.75) is 6.42 Å². The fourth-order valence-electron chi connectivity index (χ4n) is 1.82. The van der Waals surface area contributed by atoms with Gasteiger partial charge in [-0.1, -0.05) is 0 Å². The summed E-state index contributed by atoms with van der Waals surface area (Å²) >= 11 is 2.14. The van der Waals surface area contributed by atoms with Gasteiger partial charge >= 0.3 is 0 Å². The Morgan fingerprint density at radius 1 is 1.23 bits per heavy atom. The molecule has 0 radical (unpaired) electrons. The maximum Gasteiger partial charge on any atom is 0.240 e. The third-order valence-corrected chi connectivity index (χ3v) is 4.77. The molecule has 0 fully saturated rings. The van der Waals surface area contributed by atoms with Crippen molar-refractivity contribution in [1.29, 1.82) is 0 Å². The largest absolute Gasteiger partial charge is 0.354 e. The molecule has 0 aliphatic rings. The molecule has 1 aromatic rings. The molecule has 0 aromatic heterocycles. The number of nitrogens with one attached hydrogen (secondary N) is 1. The van der Waals surface area contributed by atoms with Crippen LogP contribution in [0.3, 0.4) is 0 Å². The first kappa shape index (κ1) is 19.2. The minimum Gasteiger partial charge on any atom is -0.354 e. The molecule has 0 saturated heterocycles. The monoisotopic (exact) mass is 439 g/mol. The second-order valence-corrected chi connectivity index (χ2v) is 8.41. The normalized spacial score (nSPS) is 11.5. The summed E-state index contributed by atoms with van der Waals surface area (Å²) < 4.78 is 25.9. The van der Waals surface area contributed by atoms with Crippen molar-refractivity contribution in [1.82, 2.24) is 10.2 Å². The number of rotatable bonds is 8. The predicted octanol–water partition coefficient (Wildman–Crippen LogP) is 1.13. The Hall–Kier alpha value is -0.870. The van der Waals surface area contributed by atoms with Crippen molar-refractivity contribution in [3.63, 3.8) is 0 Å². The minimum atomic E-state index is -3.51. The van der Waals surface area contributed by atoms with Crippen LogP contribution < -0.4 is 9.62 Å². The molecule has 22 heavy (non-hydrogen) atoms. The first-order valence-electron chi connectivity index (χ1n) is 6.85. The van der Waals surface area contributed by atoms with Crippen LogP contribution in [-0.2, 0) is 14.8 Å². The van der Waals surface area contributed by atoms with Gasteiger partial charge in [-0.05, 0) is 73.9 Å². The van der Waals surface area contributed by atoms with Gasteiger partial charge in [0.1, 0.15) is 6.54 Å². The van der Waals surface area contributed by atoms with Crippen LogP contribution in [0.25, 0.3) is 0 Å². The van der Waals surface area contributed by atoms with Crippen LogP contribution in [0.2, 0.25) is 0 Å². The lowest BCUT2D eigenvalue weighted by Gasteiger charge is -2.22. The number of carbonyl (C=O) groups excluding carboxylic acids is 1. The van der Waals surface area contributed by atoms with E-state index in [1.165, 1.54) is 0 Å². The van der Waals surface area contributed by atoms with E-state index >= 15 is 0 Å². The Morgan fingerprint density at radius 3 is 2.32 bits per heavy atom. The smallest absolute Gasteiger partial charge is 0.240 e. The van der Waals surface area contributed by atoms with E-state index < -0.39 is 10.0 Å². The highest BCUT2D eigenvalue weighted by atomic mass is 127. The fraction of sp³-hybridized carbons (Fsp3) is 0.500. The molecule has 8 heteroatoms. The van der Waals surface area contributed by atoms with Crippen molar-refractivity contribution in [2.75, 3.05) is 44.3 Å². The molecule has 124 valence electrons. The van der Waals surface area contributed by atoms with Crippen molar-refractivity contribution >= 4 is 44.2 Å². The van der Waals surface area contributed by atoms with E-state index in [0.717, 1.165) is 27.1 Å². The molecule has 0 saturated carbocycles. The van der Waals surface area contributed by atoms with E-state index in [9.17, 15) is 13.2 Å². The lowest BCUT2D eigenvalue weighted by atomic mass is 10.3. The zero-order valence-corrected chi connectivity index (χ0v) is 16.0. The van der Waals surface area contributed by atoms with Gasteiger partial charge in [0.2, 0.25) is 15.9 Å². The Bertz CT molecular complexity index is 588. The molecule has 6 nitrogen and oxygen atoms in total. The number of nitrogens with zero attached hydrogens (tertiary/aromatic N) is 2. The van der Waals surface area contributed by atoms with Gasteiger partial charge in [0, 0.05) is 10.1 Å². The molecule has 0 spiro atoms. The fourth-order valence-corrected chi connectivity index (χ4v) is 3.03. The summed E-state index contributed by atoms with van der Waals surface area (Å²) in [5.74, 6) is -0.303. The Kier molecular flexibility index (Phi) is 7.57. The van der Waals surface area contributed by atoms with E-state index in [1.807, 2.05) is 31.1 Å². The molecule has 1 aromatic carbocycles. The summed E-state index contributed by atoms with van der Waals surface area (Å²) in [6.45, 7) is 1.19. The van der Waals surface area contributed by atoms with Crippen molar-refractivity contribution in [2.24, 2.45) is 0 Å². The van der Waals surface area contributed by atoms with Crippen LogP contribution in [0.15, 0.2) is 24.3 Å². The van der Waals surface area contributed by atoms with Gasteiger partial charge in [0.25, 0.3) is 0 Å². The first-order chi connectivity index (χ1) is 10.2. The number of benzene rings is 1. The molecule has 0 aliphatic carbocycles. The van der Waals surface area contributed by atoms with E-state index in [1.54, 1.807) is 12.1 Å². The molecule has 0 unspecified atom stereocenters. The van der Waals surface area contributed by atoms with Crippen molar-refractivity contribution < 1.29 is 13.2 Å². The van der Waals surface area contributed by atoms with Crippen LogP contribution in [0.5, 0.6) is 0 Å². The number of amides is 1. The molecular formula is C14H22IN3O3S. The third kappa shape index (κ3) is 6.93. The highest BCUT2D eigenvalue weighted by Gasteiger charge is 2.20. The number of hydrogen-bond acceptors (Lipinski definition) is 4. The molecule has 0 aliphatic heterocycles. The van der Waals surface area contributed by atoms with Gasteiger partial charge in [-0.2, -0.15) is 0 Å². The first-order valence-corrected chi connectivity index (χ1v) is 9.77. The lowest BCUT2D eigenvalue weighted by Crippen LogP contribution is -2.41. The van der Waals surface area contributed by atoms with Gasteiger partial charge in [-0.25, -0.2) is 8.42 Å². The van der Waals surface area contributed by atoms with Crippen LogP contribution >= 0.6 is 22.6 Å². The van der Waals surface area contributed by atoms with Crippen molar-refractivity contribution in [3.05, 3.63) is 27.8 Å². The molecule has 1 amide bonds. The molecule has 0 heterocycles. The summed E-state index contributed by atoms with van der Waals surface area (Å²) in [6.07, 6.45) is 1.92. The quantitative estimate of drug-likeness (QED) is 0.487. The lowest BCUT2D eigenvalue weighted by molar-refractivity contribution is -0.119. The highest BCUT2D eigenvalue weighted by molar-refractivity contribution is 14.1. The Morgan fingerprint density at radius 2 is 1.82 bits per heavy atom. The van der Waals surface area contributed by atoms with E-state index in [4.69, 9.17) is 0 Å². The zero-order chi connectivity index (χ0) is 16.8. The average molecular weight is 439 g/mol. The van der Waals surface area contributed by atoms with Crippen molar-refractivity contribution in [3.8, 4) is 0 Å². The van der Waals surface area contributed by atoms with Gasteiger partial charge < -0.3 is 10.2 Å². The summed E-state index contributed by atoms with van der Waals surface area (Å²) in [4.78, 5) is 14.0. The van der Waals surface area contributed by atoms with E-state index in [2.05, 4.69) is 27.9 Å². The molecule has 0 bridgehead atoms.